The largest absolute Gasteiger partial charge is 0.336 e. The third-order valence-corrected chi connectivity index (χ3v) is 4.66. The van der Waals surface area contributed by atoms with Crippen LogP contribution in [0.15, 0.2) is 5.38 Å². The smallest absolute Gasteiger partial charge is 0.265 e. The number of likely N-dealkylation sites (N-methyl/N-ethyl adjacent to an activating group) is 1. The first kappa shape index (κ1) is 11.9. The van der Waals surface area contributed by atoms with Gasteiger partial charge in [0.05, 0.1) is 5.02 Å². The van der Waals surface area contributed by atoms with E-state index in [2.05, 4.69) is 5.32 Å². The second-order valence-electron chi connectivity index (χ2n) is 4.09. The SMILES string of the molecule is CNC1CCN(C(=O)c2scc(C)c2Cl)C1. The van der Waals surface area contributed by atoms with Crippen LogP contribution in [0.25, 0.3) is 0 Å². The van der Waals surface area contributed by atoms with E-state index in [0.717, 1.165) is 25.1 Å². The molecule has 88 valence electrons. The Morgan fingerprint density at radius 1 is 1.69 bits per heavy atom. The lowest BCUT2D eigenvalue weighted by molar-refractivity contribution is 0.0794. The summed E-state index contributed by atoms with van der Waals surface area (Å²) in [6, 6.07) is 0.420. The summed E-state index contributed by atoms with van der Waals surface area (Å²) in [7, 11) is 1.93. The van der Waals surface area contributed by atoms with Gasteiger partial charge in [0.2, 0.25) is 0 Å². The molecule has 5 heteroatoms. The second-order valence-corrected chi connectivity index (χ2v) is 5.34. The molecule has 2 heterocycles. The molecule has 0 radical (unpaired) electrons. The fourth-order valence-corrected chi connectivity index (χ4v) is 3.14. The molecule has 1 unspecified atom stereocenters. The maximum Gasteiger partial charge on any atom is 0.265 e. The molecule has 3 nitrogen and oxygen atoms in total. The number of amides is 1. The Balaban J connectivity index is 2.12. The van der Waals surface area contributed by atoms with Crippen molar-refractivity contribution in [1.82, 2.24) is 10.2 Å². The van der Waals surface area contributed by atoms with Crippen LogP contribution in [0.2, 0.25) is 5.02 Å². The third-order valence-electron chi connectivity index (χ3n) is 2.98. The summed E-state index contributed by atoms with van der Waals surface area (Å²) in [5.74, 6) is 0.0702. The van der Waals surface area contributed by atoms with Gasteiger partial charge >= 0.3 is 0 Å². The molecular weight excluding hydrogens is 244 g/mol. The molecule has 1 atom stereocenters. The maximum absolute atomic E-state index is 12.2. The monoisotopic (exact) mass is 258 g/mol. The van der Waals surface area contributed by atoms with E-state index in [-0.39, 0.29) is 5.91 Å². The highest BCUT2D eigenvalue weighted by Crippen LogP contribution is 2.29. The van der Waals surface area contributed by atoms with Crippen molar-refractivity contribution in [1.29, 1.82) is 0 Å². The Morgan fingerprint density at radius 2 is 2.44 bits per heavy atom. The summed E-state index contributed by atoms with van der Waals surface area (Å²) in [5, 5.41) is 5.74. The normalized spacial score (nSPS) is 20.4. The number of aryl methyl sites for hydroxylation is 1. The number of nitrogens with one attached hydrogen (secondary N) is 1. The van der Waals surface area contributed by atoms with E-state index >= 15 is 0 Å². The van der Waals surface area contributed by atoms with Crippen LogP contribution in [0.4, 0.5) is 0 Å². The Kier molecular flexibility index (Phi) is 3.52. The predicted octanol–water partition coefficient (Wildman–Crippen LogP) is 2.14. The quantitative estimate of drug-likeness (QED) is 0.882. The van der Waals surface area contributed by atoms with E-state index in [1.165, 1.54) is 11.3 Å². The topological polar surface area (TPSA) is 32.3 Å². The van der Waals surface area contributed by atoms with Crippen LogP contribution in [0.5, 0.6) is 0 Å². The Bertz CT molecular complexity index is 405. The van der Waals surface area contributed by atoms with Gasteiger partial charge in [0.1, 0.15) is 4.88 Å². The molecule has 1 aliphatic rings. The summed E-state index contributed by atoms with van der Waals surface area (Å²) in [5.41, 5.74) is 0.986. The molecule has 0 bridgehead atoms. The molecule has 2 rings (SSSR count). The third kappa shape index (κ3) is 2.10. The van der Waals surface area contributed by atoms with Gasteiger partial charge < -0.3 is 10.2 Å². The fourth-order valence-electron chi connectivity index (χ4n) is 1.90. The van der Waals surface area contributed by atoms with E-state index in [1.807, 2.05) is 24.3 Å². The minimum atomic E-state index is 0.0702. The summed E-state index contributed by atoms with van der Waals surface area (Å²) in [6.07, 6.45) is 1.02. The van der Waals surface area contributed by atoms with E-state index in [9.17, 15) is 4.79 Å². The molecule has 0 aliphatic carbocycles. The van der Waals surface area contributed by atoms with Gasteiger partial charge in [0.25, 0.3) is 5.91 Å². The fraction of sp³-hybridized carbons (Fsp3) is 0.545. The summed E-state index contributed by atoms with van der Waals surface area (Å²) >= 11 is 7.54. The molecule has 1 saturated heterocycles. The van der Waals surface area contributed by atoms with Crippen molar-refractivity contribution in [2.45, 2.75) is 19.4 Å². The minimum Gasteiger partial charge on any atom is -0.336 e. The van der Waals surface area contributed by atoms with Gasteiger partial charge in [-0.25, -0.2) is 0 Å². The number of hydrogen-bond acceptors (Lipinski definition) is 3. The molecule has 0 spiro atoms. The molecule has 16 heavy (non-hydrogen) atoms. The van der Waals surface area contributed by atoms with Crippen molar-refractivity contribution in [2.24, 2.45) is 0 Å². The number of halogens is 1. The number of carbonyl (C=O) groups excluding carboxylic acids is 1. The van der Waals surface area contributed by atoms with Crippen LogP contribution in [-0.2, 0) is 0 Å². The minimum absolute atomic E-state index is 0.0702. The standard InChI is InChI=1S/C11H15ClN2OS/c1-7-6-16-10(9(7)12)11(15)14-4-3-8(5-14)13-2/h6,8,13H,3-5H2,1-2H3. The van der Waals surface area contributed by atoms with E-state index in [0.29, 0.717) is 15.9 Å². The zero-order valence-electron chi connectivity index (χ0n) is 9.42. The average molecular weight is 259 g/mol. The van der Waals surface area contributed by atoms with Crippen LogP contribution in [0.1, 0.15) is 21.7 Å². The molecular formula is C11H15ClN2OS. The van der Waals surface area contributed by atoms with Gasteiger partial charge in [-0.05, 0) is 31.3 Å². The zero-order valence-corrected chi connectivity index (χ0v) is 11.0. The predicted molar refractivity (Wildman–Crippen MR) is 67.4 cm³/mol. The lowest BCUT2D eigenvalue weighted by atomic mass is 10.3. The number of thiophene rings is 1. The van der Waals surface area contributed by atoms with Crippen LogP contribution >= 0.6 is 22.9 Å². The highest BCUT2D eigenvalue weighted by Gasteiger charge is 2.28. The van der Waals surface area contributed by atoms with Gasteiger partial charge in [-0.15, -0.1) is 11.3 Å². The van der Waals surface area contributed by atoms with Gasteiger partial charge in [-0.1, -0.05) is 11.6 Å². The van der Waals surface area contributed by atoms with Crippen LogP contribution in [0, 0.1) is 6.92 Å². The Hall–Kier alpha value is -0.580. The van der Waals surface area contributed by atoms with Crippen LogP contribution in [0.3, 0.4) is 0 Å². The van der Waals surface area contributed by atoms with E-state index in [1.54, 1.807) is 0 Å². The number of rotatable bonds is 2. The molecule has 0 saturated carbocycles. The van der Waals surface area contributed by atoms with Crippen molar-refractivity contribution in [3.8, 4) is 0 Å². The first-order valence-corrected chi connectivity index (χ1v) is 6.59. The molecule has 1 aliphatic heterocycles. The molecule has 1 fully saturated rings. The van der Waals surface area contributed by atoms with Gasteiger partial charge in [0, 0.05) is 19.1 Å². The maximum atomic E-state index is 12.2. The summed E-state index contributed by atoms with van der Waals surface area (Å²) < 4.78 is 0. The van der Waals surface area contributed by atoms with Crippen molar-refractivity contribution in [3.63, 3.8) is 0 Å². The van der Waals surface area contributed by atoms with Gasteiger partial charge in [-0.2, -0.15) is 0 Å². The number of hydrogen-bond donors (Lipinski definition) is 1. The number of carbonyl (C=O) groups is 1. The van der Waals surface area contributed by atoms with Crippen molar-refractivity contribution >= 4 is 28.8 Å². The second kappa shape index (κ2) is 4.73. The molecule has 0 aromatic carbocycles. The highest BCUT2D eigenvalue weighted by atomic mass is 35.5. The first-order chi connectivity index (χ1) is 7.63. The zero-order chi connectivity index (χ0) is 11.7. The van der Waals surface area contributed by atoms with Crippen molar-refractivity contribution < 1.29 is 4.79 Å². The van der Waals surface area contributed by atoms with Gasteiger partial charge in [-0.3, -0.25) is 4.79 Å². The summed E-state index contributed by atoms with van der Waals surface area (Å²) in [6.45, 7) is 3.52. The highest BCUT2D eigenvalue weighted by molar-refractivity contribution is 7.13. The first-order valence-electron chi connectivity index (χ1n) is 5.33. The molecule has 1 aromatic heterocycles. The average Bonchev–Trinajstić information content (AvgIpc) is 2.87. The molecule has 1 N–H and O–H groups in total. The Morgan fingerprint density at radius 3 is 2.94 bits per heavy atom. The molecule has 1 aromatic rings. The van der Waals surface area contributed by atoms with E-state index in [4.69, 9.17) is 11.6 Å². The van der Waals surface area contributed by atoms with Crippen molar-refractivity contribution in [3.05, 3.63) is 20.8 Å². The van der Waals surface area contributed by atoms with Crippen LogP contribution < -0.4 is 5.32 Å². The lowest BCUT2D eigenvalue weighted by Crippen LogP contribution is -2.33. The number of nitrogens with zero attached hydrogens (tertiary/aromatic N) is 1. The van der Waals surface area contributed by atoms with Gasteiger partial charge in [0.15, 0.2) is 0 Å². The Labute approximate surface area is 104 Å². The number of likely N-dealkylation sites (tertiary alicyclic amines) is 1. The summed E-state index contributed by atoms with van der Waals surface area (Å²) in [4.78, 5) is 14.7. The lowest BCUT2D eigenvalue weighted by Gasteiger charge is -2.15. The molecule has 1 amide bonds. The van der Waals surface area contributed by atoms with E-state index < -0.39 is 0 Å². The van der Waals surface area contributed by atoms with Crippen LogP contribution in [-0.4, -0.2) is 37.0 Å². The van der Waals surface area contributed by atoms with Crippen molar-refractivity contribution in [2.75, 3.05) is 20.1 Å².